The molecule has 0 radical (unpaired) electrons. The second kappa shape index (κ2) is 11.9. The lowest BCUT2D eigenvalue weighted by atomic mass is 10.1. The number of fused-ring (bicyclic) bond motifs is 1. The van der Waals surface area contributed by atoms with E-state index in [1.54, 1.807) is 41.1 Å². The number of benzene rings is 3. The Labute approximate surface area is 246 Å². The zero-order valence-corrected chi connectivity index (χ0v) is 23.1. The summed E-state index contributed by atoms with van der Waals surface area (Å²) >= 11 is 0. The van der Waals surface area contributed by atoms with Crippen LogP contribution in [0.5, 0.6) is 5.75 Å². The Morgan fingerprint density at radius 2 is 1.98 bits per heavy atom. The molecule has 1 atom stereocenters. The summed E-state index contributed by atoms with van der Waals surface area (Å²) in [5, 5.41) is 18.4. The van der Waals surface area contributed by atoms with Gasteiger partial charge in [0.05, 0.1) is 47.4 Å². The third kappa shape index (κ3) is 6.03. The van der Waals surface area contributed by atoms with Crippen molar-refractivity contribution < 1.29 is 23.8 Å². The van der Waals surface area contributed by atoms with Gasteiger partial charge in [0, 0.05) is 24.4 Å². The fraction of sp³-hybridized carbons (Fsp3) is 0.212. The molecule has 10 heteroatoms. The Hall–Kier alpha value is -5.27. The summed E-state index contributed by atoms with van der Waals surface area (Å²) in [6.45, 7) is 1.39. The SMILES string of the molecule is N#Cc1ccc(COc2cccc(-c3ccn(Cc4nc5ccc(C(=O)O)cc5n4CC4CCCO4)c(=O)c3)c2)c(F)c1. The lowest BCUT2D eigenvalue weighted by Gasteiger charge is -2.15. The van der Waals surface area contributed by atoms with Crippen molar-refractivity contribution in [3.05, 3.63) is 118 Å². The van der Waals surface area contributed by atoms with Crippen LogP contribution < -0.4 is 10.3 Å². The van der Waals surface area contributed by atoms with Crippen molar-refractivity contribution in [1.82, 2.24) is 14.1 Å². The van der Waals surface area contributed by atoms with Crippen LogP contribution in [0, 0.1) is 17.1 Å². The molecule has 9 nitrogen and oxygen atoms in total. The maximum Gasteiger partial charge on any atom is 0.335 e. The van der Waals surface area contributed by atoms with Gasteiger partial charge in [-0.2, -0.15) is 5.26 Å². The first kappa shape index (κ1) is 27.9. The fourth-order valence-electron chi connectivity index (χ4n) is 5.25. The zero-order valence-electron chi connectivity index (χ0n) is 23.1. The van der Waals surface area contributed by atoms with Crippen LogP contribution in [0.4, 0.5) is 4.39 Å². The van der Waals surface area contributed by atoms with Crippen molar-refractivity contribution in [2.45, 2.75) is 38.6 Å². The summed E-state index contributed by atoms with van der Waals surface area (Å²) in [4.78, 5) is 29.6. The highest BCUT2D eigenvalue weighted by Crippen LogP contribution is 2.25. The summed E-state index contributed by atoms with van der Waals surface area (Å²) in [7, 11) is 0. The molecule has 1 fully saturated rings. The van der Waals surface area contributed by atoms with Crippen molar-refractivity contribution in [1.29, 1.82) is 5.26 Å². The Kier molecular flexibility index (Phi) is 7.73. The van der Waals surface area contributed by atoms with Gasteiger partial charge in [0.1, 0.15) is 24.0 Å². The predicted molar refractivity (Wildman–Crippen MR) is 156 cm³/mol. The molecule has 1 unspecified atom stereocenters. The van der Waals surface area contributed by atoms with E-state index in [1.807, 2.05) is 22.8 Å². The lowest BCUT2D eigenvalue weighted by molar-refractivity contribution is 0.0697. The van der Waals surface area contributed by atoms with Crippen LogP contribution in [0.15, 0.2) is 83.8 Å². The van der Waals surface area contributed by atoms with Gasteiger partial charge in [0.15, 0.2) is 0 Å². The minimum atomic E-state index is -1.02. The van der Waals surface area contributed by atoms with Crippen LogP contribution in [0.1, 0.15) is 40.2 Å². The maximum absolute atomic E-state index is 14.3. The van der Waals surface area contributed by atoms with Crippen molar-refractivity contribution in [3.8, 4) is 22.9 Å². The van der Waals surface area contributed by atoms with Gasteiger partial charge in [0.2, 0.25) is 0 Å². The Bertz CT molecular complexity index is 1930. The molecule has 1 aliphatic rings. The molecule has 0 aliphatic carbocycles. The second-order valence-corrected chi connectivity index (χ2v) is 10.4. The molecule has 3 heterocycles. The molecule has 216 valence electrons. The minimum Gasteiger partial charge on any atom is -0.489 e. The first-order chi connectivity index (χ1) is 20.9. The largest absolute Gasteiger partial charge is 0.489 e. The number of halogens is 1. The molecular formula is C33H27FN4O5. The van der Waals surface area contributed by atoms with Gasteiger partial charge < -0.3 is 23.7 Å². The van der Waals surface area contributed by atoms with Crippen LogP contribution in [0.25, 0.3) is 22.2 Å². The number of ether oxygens (including phenoxy) is 2. The molecule has 0 bridgehead atoms. The minimum absolute atomic E-state index is 0.00775. The van der Waals surface area contributed by atoms with Gasteiger partial charge in [0.25, 0.3) is 5.56 Å². The number of nitriles is 1. The number of imidazole rings is 1. The van der Waals surface area contributed by atoms with E-state index in [0.717, 1.165) is 18.4 Å². The van der Waals surface area contributed by atoms with E-state index in [4.69, 9.17) is 19.7 Å². The number of hydrogen-bond donors (Lipinski definition) is 1. The van der Waals surface area contributed by atoms with E-state index < -0.39 is 11.8 Å². The average Bonchev–Trinajstić information content (AvgIpc) is 3.65. The van der Waals surface area contributed by atoms with Crippen molar-refractivity contribution in [3.63, 3.8) is 0 Å². The number of carboxylic acids is 1. The maximum atomic E-state index is 14.3. The zero-order chi connectivity index (χ0) is 29.9. The summed E-state index contributed by atoms with van der Waals surface area (Å²) in [5.41, 5.74) is 3.30. The van der Waals surface area contributed by atoms with Gasteiger partial charge in [-0.05, 0) is 72.5 Å². The molecule has 43 heavy (non-hydrogen) atoms. The van der Waals surface area contributed by atoms with Gasteiger partial charge in [-0.15, -0.1) is 0 Å². The highest BCUT2D eigenvalue weighted by molar-refractivity contribution is 5.92. The number of pyridine rings is 1. The van der Waals surface area contributed by atoms with Crippen molar-refractivity contribution in [2.75, 3.05) is 6.61 Å². The number of carboxylic acid groups (broad SMARTS) is 1. The molecule has 3 aromatic carbocycles. The van der Waals surface area contributed by atoms with Crippen molar-refractivity contribution in [2.24, 2.45) is 0 Å². The summed E-state index contributed by atoms with van der Waals surface area (Å²) in [6, 6.07) is 21.5. The molecule has 1 aliphatic heterocycles. The molecule has 0 spiro atoms. The molecule has 6 rings (SSSR count). The Balaban J connectivity index is 1.24. The number of aromatic carboxylic acids is 1. The van der Waals surface area contributed by atoms with Gasteiger partial charge in [-0.3, -0.25) is 4.79 Å². The molecule has 1 saturated heterocycles. The normalized spacial score (nSPS) is 14.6. The topological polar surface area (TPSA) is 119 Å². The first-order valence-electron chi connectivity index (χ1n) is 13.8. The standard InChI is InChI=1S/C33H27FN4O5/c34-28-13-21(17-35)6-7-25(28)20-43-26-4-1-3-22(14-26)23-10-11-37(32(39)16-23)19-31-36-29-9-8-24(33(40)41)15-30(29)38(31)18-27-5-2-12-42-27/h1,3-4,6-11,13-16,27H,2,5,12,18-20H2,(H,40,41). The number of hydrogen-bond acceptors (Lipinski definition) is 6. The molecule has 2 aromatic heterocycles. The number of rotatable bonds is 9. The molecule has 5 aromatic rings. The van der Waals surface area contributed by atoms with E-state index in [-0.39, 0.29) is 35.9 Å². The Morgan fingerprint density at radius 3 is 2.72 bits per heavy atom. The quantitative estimate of drug-likeness (QED) is 0.249. The van der Waals surface area contributed by atoms with E-state index in [2.05, 4.69) is 0 Å². The number of nitrogens with zero attached hydrogens (tertiary/aromatic N) is 4. The van der Waals surface area contributed by atoms with Crippen molar-refractivity contribution >= 4 is 17.0 Å². The summed E-state index contributed by atoms with van der Waals surface area (Å²) in [5.74, 6) is -0.385. The fourth-order valence-corrected chi connectivity index (χ4v) is 5.25. The highest BCUT2D eigenvalue weighted by Gasteiger charge is 2.21. The van der Waals surface area contributed by atoms with E-state index in [1.165, 1.54) is 30.3 Å². The van der Waals surface area contributed by atoms with E-state index >= 15 is 0 Å². The summed E-state index contributed by atoms with van der Waals surface area (Å²) in [6.07, 6.45) is 3.56. The number of aromatic nitrogens is 3. The monoisotopic (exact) mass is 578 g/mol. The van der Waals surface area contributed by atoms with Crippen LogP contribution in [0.2, 0.25) is 0 Å². The third-order valence-corrected chi connectivity index (χ3v) is 7.54. The number of carbonyl (C=O) groups is 1. The third-order valence-electron chi connectivity index (χ3n) is 7.54. The lowest BCUT2D eigenvalue weighted by Crippen LogP contribution is -2.23. The van der Waals surface area contributed by atoms with Crippen LogP contribution in [0.3, 0.4) is 0 Å². The Morgan fingerprint density at radius 1 is 1.12 bits per heavy atom. The average molecular weight is 579 g/mol. The highest BCUT2D eigenvalue weighted by atomic mass is 19.1. The van der Waals surface area contributed by atoms with Gasteiger partial charge in [-0.1, -0.05) is 18.2 Å². The molecular weight excluding hydrogens is 551 g/mol. The molecule has 0 saturated carbocycles. The van der Waals surface area contributed by atoms with Crippen LogP contribution in [-0.2, 0) is 24.4 Å². The smallest absolute Gasteiger partial charge is 0.335 e. The second-order valence-electron chi connectivity index (χ2n) is 10.4. The van der Waals surface area contributed by atoms with Gasteiger partial charge >= 0.3 is 5.97 Å². The van der Waals surface area contributed by atoms with Gasteiger partial charge in [-0.25, -0.2) is 14.2 Å². The van der Waals surface area contributed by atoms with Crippen LogP contribution >= 0.6 is 0 Å². The van der Waals surface area contributed by atoms with E-state index in [9.17, 15) is 19.1 Å². The van der Waals surface area contributed by atoms with E-state index in [0.29, 0.717) is 46.9 Å². The predicted octanol–water partition coefficient (Wildman–Crippen LogP) is 5.38. The molecule has 1 N–H and O–H groups in total. The summed E-state index contributed by atoms with van der Waals surface area (Å²) < 4.78 is 29.4. The first-order valence-corrected chi connectivity index (χ1v) is 13.8. The molecule has 0 amide bonds. The van der Waals surface area contributed by atoms with Crippen LogP contribution in [-0.4, -0.2) is 37.9 Å².